The van der Waals surface area contributed by atoms with E-state index in [1.807, 2.05) is 0 Å². The largest absolute Gasteiger partial charge is 0.494 e. The highest BCUT2D eigenvalue weighted by Gasteiger charge is 2.10. The van der Waals surface area contributed by atoms with E-state index in [4.69, 9.17) is 4.74 Å². The molecule has 1 fully saturated rings. The smallest absolute Gasteiger partial charge is 0.119 e. The van der Waals surface area contributed by atoms with Crippen LogP contribution in [0.5, 0.6) is 5.75 Å². The van der Waals surface area contributed by atoms with E-state index in [0.717, 1.165) is 38.4 Å². The quantitative estimate of drug-likeness (QED) is 0.769. The van der Waals surface area contributed by atoms with Crippen LogP contribution in [0.3, 0.4) is 0 Å². The van der Waals surface area contributed by atoms with Gasteiger partial charge in [-0.25, -0.2) is 0 Å². The topological polar surface area (TPSA) is 33.3 Å². The molecule has 118 valence electrons. The minimum absolute atomic E-state index is 0.711. The Labute approximate surface area is 133 Å². The Hall–Kier alpha value is -1.58. The molecule has 0 spiro atoms. The zero-order valence-corrected chi connectivity index (χ0v) is 13.2. The van der Waals surface area contributed by atoms with E-state index in [0.29, 0.717) is 6.04 Å². The van der Waals surface area contributed by atoms with Crippen LogP contribution in [0.1, 0.15) is 25.7 Å². The summed E-state index contributed by atoms with van der Waals surface area (Å²) in [4.78, 5) is 0. The Bertz CT molecular complexity index is 578. The molecule has 0 amide bonds. The SMILES string of the molecule is c1ccc2cc(OCCCCNC3CCNCC3)ccc2c1. The Morgan fingerprint density at radius 2 is 1.82 bits per heavy atom. The van der Waals surface area contributed by atoms with Gasteiger partial charge in [-0.05, 0) is 68.2 Å². The Kier molecular flexibility index (Phi) is 5.68. The molecule has 22 heavy (non-hydrogen) atoms. The molecule has 0 atom stereocenters. The summed E-state index contributed by atoms with van der Waals surface area (Å²) in [5.41, 5.74) is 0. The molecule has 1 heterocycles. The molecular weight excluding hydrogens is 272 g/mol. The highest BCUT2D eigenvalue weighted by atomic mass is 16.5. The van der Waals surface area contributed by atoms with Gasteiger partial charge in [0.2, 0.25) is 0 Å². The van der Waals surface area contributed by atoms with Crippen LogP contribution in [-0.2, 0) is 0 Å². The number of hydrogen-bond acceptors (Lipinski definition) is 3. The molecular formula is C19H26N2O. The van der Waals surface area contributed by atoms with E-state index in [2.05, 4.69) is 53.1 Å². The van der Waals surface area contributed by atoms with Crippen molar-refractivity contribution in [2.75, 3.05) is 26.2 Å². The molecule has 1 saturated heterocycles. The van der Waals surface area contributed by atoms with Crippen LogP contribution in [0.15, 0.2) is 42.5 Å². The highest BCUT2D eigenvalue weighted by Crippen LogP contribution is 2.20. The summed E-state index contributed by atoms with van der Waals surface area (Å²) in [5, 5.41) is 9.55. The molecule has 2 N–H and O–H groups in total. The Balaban J connectivity index is 1.33. The van der Waals surface area contributed by atoms with Crippen LogP contribution < -0.4 is 15.4 Å². The van der Waals surface area contributed by atoms with Gasteiger partial charge in [-0.15, -0.1) is 0 Å². The van der Waals surface area contributed by atoms with E-state index in [1.54, 1.807) is 0 Å². The first-order chi connectivity index (χ1) is 10.9. The van der Waals surface area contributed by atoms with Crippen LogP contribution in [0, 0.1) is 0 Å². The van der Waals surface area contributed by atoms with Gasteiger partial charge in [0.05, 0.1) is 6.61 Å². The number of rotatable bonds is 7. The maximum Gasteiger partial charge on any atom is 0.119 e. The lowest BCUT2D eigenvalue weighted by molar-refractivity contribution is 0.302. The summed E-state index contributed by atoms with van der Waals surface area (Å²) in [6, 6.07) is 15.4. The summed E-state index contributed by atoms with van der Waals surface area (Å²) >= 11 is 0. The molecule has 0 bridgehead atoms. The number of fused-ring (bicyclic) bond motifs is 1. The maximum absolute atomic E-state index is 5.87. The molecule has 2 aromatic rings. The first-order valence-electron chi connectivity index (χ1n) is 8.47. The van der Waals surface area contributed by atoms with Crippen LogP contribution in [0.2, 0.25) is 0 Å². The molecule has 2 aromatic carbocycles. The van der Waals surface area contributed by atoms with Gasteiger partial charge < -0.3 is 15.4 Å². The molecule has 3 nitrogen and oxygen atoms in total. The van der Waals surface area contributed by atoms with Crippen molar-refractivity contribution in [2.45, 2.75) is 31.7 Å². The van der Waals surface area contributed by atoms with E-state index < -0.39 is 0 Å². The van der Waals surface area contributed by atoms with E-state index >= 15 is 0 Å². The van der Waals surface area contributed by atoms with Gasteiger partial charge in [0.25, 0.3) is 0 Å². The summed E-state index contributed by atoms with van der Waals surface area (Å²) in [7, 11) is 0. The van der Waals surface area contributed by atoms with Crippen molar-refractivity contribution in [1.82, 2.24) is 10.6 Å². The predicted octanol–water partition coefficient (Wildman–Crippen LogP) is 3.34. The lowest BCUT2D eigenvalue weighted by Gasteiger charge is -2.23. The van der Waals surface area contributed by atoms with E-state index in [-0.39, 0.29) is 0 Å². The van der Waals surface area contributed by atoms with Crippen LogP contribution >= 0.6 is 0 Å². The molecule has 0 aromatic heterocycles. The van der Waals surface area contributed by atoms with Crippen molar-refractivity contribution >= 4 is 10.8 Å². The number of unbranched alkanes of at least 4 members (excludes halogenated alkanes) is 1. The van der Waals surface area contributed by atoms with Crippen molar-refractivity contribution in [3.05, 3.63) is 42.5 Å². The Morgan fingerprint density at radius 3 is 2.68 bits per heavy atom. The lowest BCUT2D eigenvalue weighted by atomic mass is 10.1. The number of piperidine rings is 1. The lowest BCUT2D eigenvalue weighted by Crippen LogP contribution is -2.40. The highest BCUT2D eigenvalue weighted by molar-refractivity contribution is 5.83. The predicted molar refractivity (Wildman–Crippen MR) is 92.6 cm³/mol. The standard InChI is InChI=1S/C19H26N2O/c1-2-6-17-15-19(8-7-16(17)5-1)22-14-4-3-11-21-18-9-12-20-13-10-18/h1-2,5-8,15,18,20-21H,3-4,9-14H2. The molecule has 1 aliphatic rings. The van der Waals surface area contributed by atoms with Gasteiger partial charge in [0, 0.05) is 6.04 Å². The van der Waals surface area contributed by atoms with Gasteiger partial charge >= 0.3 is 0 Å². The molecule has 0 saturated carbocycles. The van der Waals surface area contributed by atoms with Crippen molar-refractivity contribution in [1.29, 1.82) is 0 Å². The minimum atomic E-state index is 0.711. The minimum Gasteiger partial charge on any atom is -0.494 e. The molecule has 1 aliphatic heterocycles. The number of ether oxygens (including phenoxy) is 1. The monoisotopic (exact) mass is 298 g/mol. The number of benzene rings is 2. The first kappa shape index (κ1) is 15.3. The van der Waals surface area contributed by atoms with Crippen molar-refractivity contribution < 1.29 is 4.74 Å². The van der Waals surface area contributed by atoms with Crippen molar-refractivity contribution in [3.8, 4) is 5.75 Å². The van der Waals surface area contributed by atoms with Gasteiger partial charge in [-0.1, -0.05) is 30.3 Å². The molecule has 0 unspecified atom stereocenters. The third-order valence-corrected chi connectivity index (χ3v) is 4.33. The fourth-order valence-corrected chi connectivity index (χ4v) is 3.01. The van der Waals surface area contributed by atoms with E-state index in [1.165, 1.54) is 30.0 Å². The molecule has 0 aliphatic carbocycles. The summed E-state index contributed by atoms with van der Waals surface area (Å²) in [6.45, 7) is 4.21. The second-order valence-corrected chi connectivity index (χ2v) is 6.04. The van der Waals surface area contributed by atoms with Crippen LogP contribution in [-0.4, -0.2) is 32.3 Å². The molecule has 0 radical (unpaired) electrons. The van der Waals surface area contributed by atoms with Gasteiger partial charge in [-0.2, -0.15) is 0 Å². The summed E-state index contributed by atoms with van der Waals surface area (Å²) in [5.74, 6) is 0.977. The maximum atomic E-state index is 5.87. The normalized spacial score (nSPS) is 16.0. The van der Waals surface area contributed by atoms with Gasteiger partial charge in [-0.3, -0.25) is 0 Å². The molecule has 3 heteroatoms. The summed E-state index contributed by atoms with van der Waals surface area (Å²) in [6.07, 6.45) is 4.80. The number of hydrogen-bond donors (Lipinski definition) is 2. The van der Waals surface area contributed by atoms with Crippen LogP contribution in [0.4, 0.5) is 0 Å². The van der Waals surface area contributed by atoms with Gasteiger partial charge in [0.1, 0.15) is 5.75 Å². The van der Waals surface area contributed by atoms with Gasteiger partial charge in [0.15, 0.2) is 0 Å². The average molecular weight is 298 g/mol. The van der Waals surface area contributed by atoms with Crippen molar-refractivity contribution in [2.24, 2.45) is 0 Å². The second kappa shape index (κ2) is 8.16. The first-order valence-corrected chi connectivity index (χ1v) is 8.47. The third kappa shape index (κ3) is 4.46. The van der Waals surface area contributed by atoms with Crippen LogP contribution in [0.25, 0.3) is 10.8 Å². The Morgan fingerprint density at radius 1 is 1.00 bits per heavy atom. The third-order valence-electron chi connectivity index (χ3n) is 4.33. The molecule has 3 rings (SSSR count). The fraction of sp³-hybridized carbons (Fsp3) is 0.474. The van der Waals surface area contributed by atoms with E-state index in [9.17, 15) is 0 Å². The van der Waals surface area contributed by atoms with Crippen molar-refractivity contribution in [3.63, 3.8) is 0 Å². The second-order valence-electron chi connectivity index (χ2n) is 6.04. The summed E-state index contributed by atoms with van der Waals surface area (Å²) < 4.78 is 5.87. The number of nitrogens with one attached hydrogen (secondary N) is 2. The zero-order valence-electron chi connectivity index (χ0n) is 13.2. The average Bonchev–Trinajstić information content (AvgIpc) is 2.59. The fourth-order valence-electron chi connectivity index (χ4n) is 3.01. The zero-order chi connectivity index (χ0) is 15.0.